The Labute approximate surface area is 111 Å². The number of hydrogen-bond donors (Lipinski definition) is 1. The topological polar surface area (TPSA) is 15.3 Å². The van der Waals surface area contributed by atoms with E-state index in [1.807, 2.05) is 0 Å². The molecule has 1 N–H and O–H groups in total. The summed E-state index contributed by atoms with van der Waals surface area (Å²) < 4.78 is 1.21. The van der Waals surface area contributed by atoms with Crippen LogP contribution in [0.15, 0.2) is 15.9 Å². The van der Waals surface area contributed by atoms with Crippen LogP contribution in [0.25, 0.3) is 0 Å². The molecule has 1 heterocycles. The minimum absolute atomic E-state index is 0.179. The molecule has 0 saturated carbocycles. The molecule has 1 unspecified atom stereocenters. The number of hydrogen-bond acceptors (Lipinski definition) is 3. The third-order valence-electron chi connectivity index (χ3n) is 3.09. The van der Waals surface area contributed by atoms with Crippen molar-refractivity contribution in [1.29, 1.82) is 0 Å². The van der Waals surface area contributed by atoms with Crippen LogP contribution in [0.2, 0.25) is 0 Å². The van der Waals surface area contributed by atoms with Crippen LogP contribution in [-0.2, 0) is 0 Å². The van der Waals surface area contributed by atoms with Crippen molar-refractivity contribution in [3.63, 3.8) is 0 Å². The fraction of sp³-hybridized carbons (Fsp3) is 0.667. The van der Waals surface area contributed by atoms with Crippen LogP contribution in [0.5, 0.6) is 0 Å². The minimum Gasteiger partial charge on any atom is -0.308 e. The summed E-state index contributed by atoms with van der Waals surface area (Å²) in [5.74, 6) is 0. The van der Waals surface area contributed by atoms with E-state index in [0.29, 0.717) is 6.04 Å². The fourth-order valence-electron chi connectivity index (χ4n) is 1.27. The zero-order chi connectivity index (χ0) is 12.3. The molecule has 0 aliphatic carbocycles. The van der Waals surface area contributed by atoms with Crippen LogP contribution in [0, 0.1) is 0 Å². The molecule has 16 heavy (non-hydrogen) atoms. The van der Waals surface area contributed by atoms with Crippen molar-refractivity contribution < 1.29 is 0 Å². The van der Waals surface area contributed by atoms with Gasteiger partial charge in [0, 0.05) is 27.5 Å². The molecule has 0 spiro atoms. The molecule has 0 aromatic carbocycles. The maximum atomic E-state index is 3.59. The Morgan fingerprint density at radius 1 is 1.50 bits per heavy atom. The second kappa shape index (κ2) is 5.63. The number of likely N-dealkylation sites (N-methyl/N-ethyl adjacent to an activating group) is 1. The van der Waals surface area contributed by atoms with Gasteiger partial charge in [-0.25, -0.2) is 0 Å². The zero-order valence-electron chi connectivity index (χ0n) is 10.7. The predicted molar refractivity (Wildman–Crippen MR) is 76.2 cm³/mol. The molecule has 0 fully saturated rings. The van der Waals surface area contributed by atoms with E-state index >= 15 is 0 Å². The maximum Gasteiger partial charge on any atom is 0.0398 e. The Balaban J connectivity index is 2.54. The Bertz CT molecular complexity index is 334. The van der Waals surface area contributed by atoms with Crippen molar-refractivity contribution in [2.75, 3.05) is 20.6 Å². The third-order valence-corrected chi connectivity index (χ3v) is 5.14. The first-order chi connectivity index (χ1) is 7.34. The molecule has 0 saturated heterocycles. The molecule has 1 aromatic rings. The average molecular weight is 305 g/mol. The van der Waals surface area contributed by atoms with E-state index in [4.69, 9.17) is 0 Å². The van der Waals surface area contributed by atoms with Gasteiger partial charge in [0.25, 0.3) is 0 Å². The van der Waals surface area contributed by atoms with E-state index in [1.54, 1.807) is 11.3 Å². The molecule has 1 rings (SSSR count). The van der Waals surface area contributed by atoms with Crippen molar-refractivity contribution in [1.82, 2.24) is 10.2 Å². The number of halogens is 1. The summed E-state index contributed by atoms with van der Waals surface area (Å²) >= 11 is 5.37. The maximum absolute atomic E-state index is 3.59. The SMILES string of the molecule is CC(NCC(C)(C)N(C)C)c1sccc1Br. The highest BCUT2D eigenvalue weighted by Crippen LogP contribution is 2.28. The first kappa shape index (κ1) is 14.2. The quantitative estimate of drug-likeness (QED) is 0.895. The predicted octanol–water partition coefficient (Wildman–Crippen LogP) is 3.50. The summed E-state index contributed by atoms with van der Waals surface area (Å²) in [6, 6.07) is 2.50. The number of thiophene rings is 1. The molecule has 1 atom stereocenters. The zero-order valence-corrected chi connectivity index (χ0v) is 13.1. The highest BCUT2D eigenvalue weighted by Gasteiger charge is 2.21. The van der Waals surface area contributed by atoms with Crippen LogP contribution in [0.4, 0.5) is 0 Å². The van der Waals surface area contributed by atoms with Crippen molar-refractivity contribution in [3.05, 3.63) is 20.8 Å². The van der Waals surface area contributed by atoms with Gasteiger partial charge in [-0.15, -0.1) is 11.3 Å². The molecule has 1 aromatic heterocycles. The first-order valence-electron chi connectivity index (χ1n) is 5.48. The molecule has 4 heteroatoms. The normalized spacial score (nSPS) is 14.4. The monoisotopic (exact) mass is 304 g/mol. The van der Waals surface area contributed by atoms with Gasteiger partial charge in [-0.05, 0) is 62.2 Å². The minimum atomic E-state index is 0.179. The molecule has 0 radical (unpaired) electrons. The Morgan fingerprint density at radius 2 is 2.12 bits per heavy atom. The van der Waals surface area contributed by atoms with Crippen LogP contribution in [0.1, 0.15) is 31.7 Å². The van der Waals surface area contributed by atoms with Crippen LogP contribution < -0.4 is 5.32 Å². The number of rotatable bonds is 5. The van der Waals surface area contributed by atoms with E-state index in [1.165, 1.54) is 9.35 Å². The van der Waals surface area contributed by atoms with E-state index < -0.39 is 0 Å². The molecular weight excluding hydrogens is 284 g/mol. The van der Waals surface area contributed by atoms with Crippen molar-refractivity contribution in [2.45, 2.75) is 32.4 Å². The van der Waals surface area contributed by atoms with Crippen LogP contribution in [-0.4, -0.2) is 31.1 Å². The summed E-state index contributed by atoms with van der Waals surface area (Å²) in [4.78, 5) is 3.62. The van der Waals surface area contributed by atoms with Crippen LogP contribution in [0.3, 0.4) is 0 Å². The van der Waals surface area contributed by atoms with E-state index in [-0.39, 0.29) is 5.54 Å². The molecule has 0 aliphatic rings. The van der Waals surface area contributed by atoms with Gasteiger partial charge in [-0.3, -0.25) is 0 Å². The lowest BCUT2D eigenvalue weighted by Crippen LogP contribution is -2.47. The highest BCUT2D eigenvalue weighted by atomic mass is 79.9. The second-order valence-corrected chi connectivity index (χ2v) is 6.74. The highest BCUT2D eigenvalue weighted by molar-refractivity contribution is 9.10. The van der Waals surface area contributed by atoms with Gasteiger partial charge in [0.05, 0.1) is 0 Å². The van der Waals surface area contributed by atoms with Crippen molar-refractivity contribution in [2.24, 2.45) is 0 Å². The largest absolute Gasteiger partial charge is 0.308 e. The van der Waals surface area contributed by atoms with Crippen molar-refractivity contribution >= 4 is 27.3 Å². The number of nitrogens with zero attached hydrogens (tertiary/aromatic N) is 1. The summed E-state index contributed by atoms with van der Waals surface area (Å²) in [6.07, 6.45) is 0. The lowest BCUT2D eigenvalue weighted by molar-refractivity contribution is 0.185. The third kappa shape index (κ3) is 3.55. The van der Waals surface area contributed by atoms with Gasteiger partial charge >= 0.3 is 0 Å². The standard InChI is InChI=1S/C12H21BrN2S/c1-9(11-10(13)6-7-16-11)14-8-12(2,3)15(4)5/h6-7,9,14H,8H2,1-5H3. The van der Waals surface area contributed by atoms with Gasteiger partial charge in [0.2, 0.25) is 0 Å². The van der Waals surface area contributed by atoms with Gasteiger partial charge in [-0.1, -0.05) is 0 Å². The summed E-state index contributed by atoms with van der Waals surface area (Å²) in [7, 11) is 4.24. The molecule has 0 amide bonds. The fourth-order valence-corrected chi connectivity index (χ4v) is 3.02. The van der Waals surface area contributed by atoms with E-state index in [2.05, 4.69) is 72.5 Å². The molecule has 0 bridgehead atoms. The van der Waals surface area contributed by atoms with Crippen molar-refractivity contribution in [3.8, 4) is 0 Å². The number of nitrogens with one attached hydrogen (secondary N) is 1. The Hall–Kier alpha value is 0.100. The summed E-state index contributed by atoms with van der Waals surface area (Å²) in [5, 5.41) is 5.71. The molecular formula is C12H21BrN2S. The summed E-state index contributed by atoms with van der Waals surface area (Å²) in [5.41, 5.74) is 0.179. The molecule has 0 aliphatic heterocycles. The Morgan fingerprint density at radius 3 is 2.56 bits per heavy atom. The van der Waals surface area contributed by atoms with E-state index in [0.717, 1.165) is 6.54 Å². The molecule has 92 valence electrons. The van der Waals surface area contributed by atoms with Gasteiger partial charge < -0.3 is 10.2 Å². The van der Waals surface area contributed by atoms with E-state index in [9.17, 15) is 0 Å². The van der Waals surface area contributed by atoms with Crippen LogP contribution >= 0.6 is 27.3 Å². The molecule has 2 nitrogen and oxygen atoms in total. The van der Waals surface area contributed by atoms with Gasteiger partial charge in [0.1, 0.15) is 0 Å². The summed E-state index contributed by atoms with van der Waals surface area (Å²) in [6.45, 7) is 7.68. The van der Waals surface area contributed by atoms with Gasteiger partial charge in [0.15, 0.2) is 0 Å². The lowest BCUT2D eigenvalue weighted by atomic mass is 10.0. The van der Waals surface area contributed by atoms with Gasteiger partial charge in [-0.2, -0.15) is 0 Å². The second-order valence-electron chi connectivity index (χ2n) is 4.94. The first-order valence-corrected chi connectivity index (χ1v) is 7.15. The lowest BCUT2D eigenvalue weighted by Gasteiger charge is -2.34. The average Bonchev–Trinajstić information content (AvgIpc) is 2.61. The smallest absolute Gasteiger partial charge is 0.0398 e. The Kier molecular flexibility index (Phi) is 4.98.